The number of nitrogens with zero attached hydrogens (tertiary/aromatic N) is 2. The first-order valence-corrected chi connectivity index (χ1v) is 8.16. The molecule has 1 saturated heterocycles. The highest BCUT2D eigenvalue weighted by molar-refractivity contribution is 7.99. The van der Waals surface area contributed by atoms with Gasteiger partial charge in [-0.15, -0.1) is 0 Å². The van der Waals surface area contributed by atoms with E-state index in [9.17, 15) is 0 Å². The van der Waals surface area contributed by atoms with E-state index in [0.717, 1.165) is 49.0 Å². The second-order valence-electron chi connectivity index (χ2n) is 4.53. The third-order valence-corrected chi connectivity index (χ3v) is 4.48. The molecule has 1 aromatic rings. The molecule has 0 aromatic heterocycles. The minimum absolute atomic E-state index is 0.694. The molecule has 0 bridgehead atoms. The number of halogens is 1. The fraction of sp³-hybridized carbons (Fsp3) is 0.500. The molecular formula is C14H20ClN3S. The van der Waals surface area contributed by atoms with Gasteiger partial charge in [-0.3, -0.25) is 4.99 Å². The lowest BCUT2D eigenvalue weighted by molar-refractivity contribution is 0.455. The van der Waals surface area contributed by atoms with Crippen molar-refractivity contribution in [2.75, 3.05) is 31.1 Å². The minimum atomic E-state index is 0.694. The maximum absolute atomic E-state index is 6.12. The fourth-order valence-corrected chi connectivity index (χ4v) is 3.19. The summed E-state index contributed by atoms with van der Waals surface area (Å²) in [4.78, 5) is 6.63. The standard InChI is InChI=1S/C14H20ClN3S/c15-13-6-2-1-4-12(13)5-3-7-17-14(16)18-8-10-19-11-9-18/h1-2,4,6H,3,5,7-11H2,(H2,16,17). The molecule has 0 amide bonds. The van der Waals surface area contributed by atoms with E-state index < -0.39 is 0 Å². The highest BCUT2D eigenvalue weighted by Crippen LogP contribution is 2.16. The van der Waals surface area contributed by atoms with Crippen molar-refractivity contribution in [3.63, 3.8) is 0 Å². The molecule has 104 valence electrons. The number of hydrogen-bond acceptors (Lipinski definition) is 2. The topological polar surface area (TPSA) is 41.6 Å². The molecule has 0 spiro atoms. The van der Waals surface area contributed by atoms with Gasteiger partial charge in [0, 0.05) is 36.2 Å². The molecule has 1 aromatic carbocycles. The van der Waals surface area contributed by atoms with Gasteiger partial charge in [-0.05, 0) is 24.5 Å². The lowest BCUT2D eigenvalue weighted by Crippen LogP contribution is -2.42. The molecule has 2 rings (SSSR count). The third kappa shape index (κ3) is 4.62. The average Bonchev–Trinajstić information content (AvgIpc) is 2.46. The number of aryl methyl sites for hydroxylation is 1. The molecule has 3 nitrogen and oxygen atoms in total. The fourth-order valence-electron chi connectivity index (χ4n) is 2.06. The summed E-state index contributed by atoms with van der Waals surface area (Å²) in [5.74, 6) is 2.99. The van der Waals surface area contributed by atoms with Crippen LogP contribution in [0, 0.1) is 0 Å². The van der Waals surface area contributed by atoms with E-state index in [1.165, 1.54) is 5.56 Å². The summed E-state index contributed by atoms with van der Waals surface area (Å²) < 4.78 is 0. The maximum atomic E-state index is 6.12. The van der Waals surface area contributed by atoms with Crippen LogP contribution in [0.1, 0.15) is 12.0 Å². The van der Waals surface area contributed by atoms with Crippen molar-refractivity contribution in [2.24, 2.45) is 10.7 Å². The van der Waals surface area contributed by atoms with Gasteiger partial charge < -0.3 is 10.6 Å². The quantitative estimate of drug-likeness (QED) is 0.528. The van der Waals surface area contributed by atoms with E-state index in [2.05, 4.69) is 16.0 Å². The van der Waals surface area contributed by atoms with Crippen molar-refractivity contribution in [3.05, 3.63) is 34.9 Å². The van der Waals surface area contributed by atoms with Gasteiger partial charge in [0.05, 0.1) is 0 Å². The average molecular weight is 298 g/mol. The highest BCUT2D eigenvalue weighted by Gasteiger charge is 2.11. The van der Waals surface area contributed by atoms with E-state index in [4.69, 9.17) is 17.3 Å². The van der Waals surface area contributed by atoms with Crippen molar-refractivity contribution < 1.29 is 0 Å². The zero-order valence-corrected chi connectivity index (χ0v) is 12.6. The molecule has 0 saturated carbocycles. The minimum Gasteiger partial charge on any atom is -0.370 e. The van der Waals surface area contributed by atoms with Gasteiger partial charge in [0.25, 0.3) is 0 Å². The van der Waals surface area contributed by atoms with Crippen molar-refractivity contribution in [3.8, 4) is 0 Å². The molecule has 1 aliphatic heterocycles. The van der Waals surface area contributed by atoms with Crippen LogP contribution in [0.15, 0.2) is 29.3 Å². The number of guanidine groups is 1. The van der Waals surface area contributed by atoms with Crippen LogP contribution in [-0.2, 0) is 6.42 Å². The van der Waals surface area contributed by atoms with Crippen LogP contribution in [0.5, 0.6) is 0 Å². The van der Waals surface area contributed by atoms with Gasteiger partial charge in [0.1, 0.15) is 0 Å². The molecule has 1 heterocycles. The molecule has 0 aliphatic carbocycles. The van der Waals surface area contributed by atoms with Crippen molar-refractivity contribution in [1.82, 2.24) is 4.90 Å². The number of thioether (sulfide) groups is 1. The summed E-state index contributed by atoms with van der Waals surface area (Å²) in [6.07, 6.45) is 1.93. The molecular weight excluding hydrogens is 278 g/mol. The molecule has 5 heteroatoms. The Morgan fingerprint density at radius 3 is 2.79 bits per heavy atom. The van der Waals surface area contributed by atoms with E-state index in [-0.39, 0.29) is 0 Å². The van der Waals surface area contributed by atoms with Crippen LogP contribution in [0.4, 0.5) is 0 Å². The van der Waals surface area contributed by atoms with Crippen LogP contribution < -0.4 is 5.73 Å². The normalized spacial score (nSPS) is 16.7. The second kappa shape index (κ2) is 7.65. The largest absolute Gasteiger partial charge is 0.370 e. The van der Waals surface area contributed by atoms with Gasteiger partial charge in [0.15, 0.2) is 5.96 Å². The summed E-state index contributed by atoms with van der Waals surface area (Å²) in [6, 6.07) is 7.97. The van der Waals surface area contributed by atoms with Crippen molar-refractivity contribution in [1.29, 1.82) is 0 Å². The van der Waals surface area contributed by atoms with E-state index >= 15 is 0 Å². The first-order valence-electron chi connectivity index (χ1n) is 6.63. The van der Waals surface area contributed by atoms with Crippen LogP contribution in [0.3, 0.4) is 0 Å². The van der Waals surface area contributed by atoms with Gasteiger partial charge in [-0.2, -0.15) is 11.8 Å². The van der Waals surface area contributed by atoms with Crippen LogP contribution in [0.25, 0.3) is 0 Å². The van der Waals surface area contributed by atoms with Gasteiger partial charge in [-0.25, -0.2) is 0 Å². The Balaban J connectivity index is 1.75. The number of benzene rings is 1. The lowest BCUT2D eigenvalue weighted by atomic mass is 10.1. The number of nitrogens with two attached hydrogens (primary N) is 1. The van der Waals surface area contributed by atoms with Crippen molar-refractivity contribution >= 4 is 29.3 Å². The number of hydrogen-bond donors (Lipinski definition) is 1. The summed E-state index contributed by atoms with van der Waals surface area (Å²) in [6.45, 7) is 2.80. The molecule has 1 aliphatic rings. The molecule has 1 fully saturated rings. The van der Waals surface area contributed by atoms with Crippen LogP contribution in [0.2, 0.25) is 5.02 Å². The Kier molecular flexibility index (Phi) is 5.86. The Morgan fingerprint density at radius 2 is 2.05 bits per heavy atom. The SMILES string of the molecule is NC(=NCCCc1ccccc1Cl)N1CCSCC1. The summed E-state index contributed by atoms with van der Waals surface area (Å²) in [5.41, 5.74) is 7.19. The Morgan fingerprint density at radius 1 is 1.32 bits per heavy atom. The van der Waals surface area contributed by atoms with E-state index in [1.54, 1.807) is 0 Å². The van der Waals surface area contributed by atoms with Crippen LogP contribution in [-0.4, -0.2) is 42.0 Å². The lowest BCUT2D eigenvalue weighted by Gasteiger charge is -2.27. The Hall–Kier alpha value is -0.870. The van der Waals surface area contributed by atoms with Crippen LogP contribution >= 0.6 is 23.4 Å². The maximum Gasteiger partial charge on any atom is 0.191 e. The summed E-state index contributed by atoms with van der Waals surface area (Å²) in [5, 5.41) is 0.840. The number of rotatable bonds is 4. The number of aliphatic imine (C=N–C) groups is 1. The zero-order chi connectivity index (χ0) is 13.5. The molecule has 2 N–H and O–H groups in total. The van der Waals surface area contributed by atoms with Gasteiger partial charge in [-0.1, -0.05) is 29.8 Å². The smallest absolute Gasteiger partial charge is 0.191 e. The predicted octanol–water partition coefficient (Wildman–Crippen LogP) is 2.64. The molecule has 0 unspecified atom stereocenters. The van der Waals surface area contributed by atoms with E-state index in [0.29, 0.717) is 5.96 Å². The second-order valence-corrected chi connectivity index (χ2v) is 6.17. The summed E-state index contributed by atoms with van der Waals surface area (Å²) in [7, 11) is 0. The predicted molar refractivity (Wildman–Crippen MR) is 85.2 cm³/mol. The monoisotopic (exact) mass is 297 g/mol. The first kappa shape index (κ1) is 14.5. The van der Waals surface area contributed by atoms with Crippen molar-refractivity contribution in [2.45, 2.75) is 12.8 Å². The van der Waals surface area contributed by atoms with E-state index in [1.807, 2.05) is 30.0 Å². The zero-order valence-electron chi connectivity index (χ0n) is 11.0. The molecule has 19 heavy (non-hydrogen) atoms. The third-order valence-electron chi connectivity index (χ3n) is 3.17. The molecule has 0 radical (unpaired) electrons. The Labute approximate surface area is 124 Å². The highest BCUT2D eigenvalue weighted by atomic mass is 35.5. The van der Waals surface area contributed by atoms with Gasteiger partial charge in [0.2, 0.25) is 0 Å². The summed E-state index contributed by atoms with van der Waals surface area (Å²) >= 11 is 8.09. The Bertz CT molecular complexity index is 430. The first-order chi connectivity index (χ1) is 9.27. The molecule has 0 atom stereocenters. The van der Waals surface area contributed by atoms with Gasteiger partial charge >= 0.3 is 0 Å².